The fourth-order valence-electron chi connectivity index (χ4n) is 1.61. The lowest BCUT2D eigenvalue weighted by Crippen LogP contribution is -1.94. The van der Waals surface area contributed by atoms with Gasteiger partial charge in [0.1, 0.15) is 11.3 Å². The molecule has 0 aliphatic heterocycles. The molecule has 0 spiro atoms. The number of nitrogens with zero attached hydrogens (tertiary/aromatic N) is 2. The molecule has 0 saturated heterocycles. The van der Waals surface area contributed by atoms with Gasteiger partial charge in [0.05, 0.1) is 5.69 Å². The predicted octanol–water partition coefficient (Wildman–Crippen LogP) is 2.78. The van der Waals surface area contributed by atoms with Crippen LogP contribution in [-0.4, -0.2) is 15.7 Å². The van der Waals surface area contributed by atoms with Gasteiger partial charge in [-0.2, -0.15) is 0 Å². The molecule has 0 fully saturated rings. The number of fused-ring (bicyclic) bond motifs is 1. The average molecular weight is 267 g/mol. The number of imidazole rings is 1. The Morgan fingerprint density at radius 1 is 1.60 bits per heavy atom. The molecule has 0 unspecified atom stereocenters. The molecule has 0 aromatic carbocycles. The Bertz CT molecular complexity index is 531. The second-order valence-electron chi connectivity index (χ2n) is 3.45. The van der Waals surface area contributed by atoms with E-state index < -0.39 is 0 Å². The van der Waals surface area contributed by atoms with Gasteiger partial charge in [-0.15, -0.1) is 0 Å². The molecule has 2 rings (SSSR count). The molecule has 2 aromatic heterocycles. The summed E-state index contributed by atoms with van der Waals surface area (Å²) in [6.45, 7) is 4.00. The van der Waals surface area contributed by atoms with Crippen molar-refractivity contribution in [3.05, 3.63) is 33.7 Å². The van der Waals surface area contributed by atoms with E-state index in [0.29, 0.717) is 5.69 Å². The fourth-order valence-corrected chi connectivity index (χ4v) is 1.93. The maximum absolute atomic E-state index is 11.0. The number of hydrogen-bond donors (Lipinski definition) is 0. The molecule has 0 N–H and O–H groups in total. The van der Waals surface area contributed by atoms with E-state index in [2.05, 4.69) is 20.9 Å². The molecule has 0 amide bonds. The van der Waals surface area contributed by atoms with Crippen LogP contribution in [0.5, 0.6) is 0 Å². The van der Waals surface area contributed by atoms with Crippen LogP contribution in [0.15, 0.2) is 16.7 Å². The number of aromatic nitrogens is 2. The third-order valence-electron chi connectivity index (χ3n) is 2.46. The molecule has 78 valence electrons. The van der Waals surface area contributed by atoms with Crippen molar-refractivity contribution in [2.45, 2.75) is 20.3 Å². The van der Waals surface area contributed by atoms with E-state index in [4.69, 9.17) is 0 Å². The lowest BCUT2D eigenvalue weighted by molar-refractivity contribution is 0.111. The van der Waals surface area contributed by atoms with Crippen LogP contribution < -0.4 is 0 Å². The summed E-state index contributed by atoms with van der Waals surface area (Å²) in [5.74, 6) is 0. The van der Waals surface area contributed by atoms with Crippen LogP contribution in [0.25, 0.3) is 5.65 Å². The monoisotopic (exact) mass is 266 g/mol. The SMILES string of the molecule is CCc1nc2cc(C)c(Br)cn2c1C=O. The van der Waals surface area contributed by atoms with Gasteiger partial charge in [-0.05, 0) is 40.9 Å². The summed E-state index contributed by atoms with van der Waals surface area (Å²) >= 11 is 3.45. The van der Waals surface area contributed by atoms with E-state index in [-0.39, 0.29) is 0 Å². The number of aryl methyl sites for hydroxylation is 2. The van der Waals surface area contributed by atoms with Crippen molar-refractivity contribution >= 4 is 27.9 Å². The van der Waals surface area contributed by atoms with Gasteiger partial charge < -0.3 is 0 Å². The van der Waals surface area contributed by atoms with Gasteiger partial charge in [0.15, 0.2) is 6.29 Å². The summed E-state index contributed by atoms with van der Waals surface area (Å²) in [7, 11) is 0. The van der Waals surface area contributed by atoms with Gasteiger partial charge in [-0.1, -0.05) is 6.92 Å². The highest BCUT2D eigenvalue weighted by Gasteiger charge is 2.10. The standard InChI is InChI=1S/C11H11BrN2O/c1-3-9-10(6-15)14-5-8(12)7(2)4-11(14)13-9/h4-6H,3H2,1-2H3. The first-order valence-corrected chi connectivity index (χ1v) is 5.59. The molecular weight excluding hydrogens is 256 g/mol. The van der Waals surface area contributed by atoms with E-state index in [9.17, 15) is 4.79 Å². The maximum Gasteiger partial charge on any atom is 0.168 e. The zero-order valence-corrected chi connectivity index (χ0v) is 10.2. The third-order valence-corrected chi connectivity index (χ3v) is 3.29. The number of hydrogen-bond acceptors (Lipinski definition) is 2. The van der Waals surface area contributed by atoms with Crippen LogP contribution in [0.3, 0.4) is 0 Å². The van der Waals surface area contributed by atoms with Gasteiger partial charge >= 0.3 is 0 Å². The Balaban J connectivity index is 2.83. The summed E-state index contributed by atoms with van der Waals surface area (Å²) < 4.78 is 2.81. The molecule has 3 nitrogen and oxygen atoms in total. The van der Waals surface area contributed by atoms with Crippen molar-refractivity contribution < 1.29 is 4.79 Å². The molecule has 0 aliphatic rings. The second-order valence-corrected chi connectivity index (χ2v) is 4.30. The van der Waals surface area contributed by atoms with Crippen molar-refractivity contribution in [2.75, 3.05) is 0 Å². The van der Waals surface area contributed by atoms with Crippen molar-refractivity contribution in [3.63, 3.8) is 0 Å². The number of carbonyl (C=O) groups is 1. The lowest BCUT2D eigenvalue weighted by atomic mass is 10.3. The van der Waals surface area contributed by atoms with Crippen LogP contribution in [0.4, 0.5) is 0 Å². The number of aldehydes is 1. The van der Waals surface area contributed by atoms with Gasteiger partial charge in [0.25, 0.3) is 0 Å². The van der Waals surface area contributed by atoms with Crippen molar-refractivity contribution in [3.8, 4) is 0 Å². The Morgan fingerprint density at radius 3 is 2.93 bits per heavy atom. The Labute approximate surface area is 96.3 Å². The maximum atomic E-state index is 11.0. The summed E-state index contributed by atoms with van der Waals surface area (Å²) in [5.41, 5.74) is 3.44. The first kappa shape index (κ1) is 10.4. The molecule has 0 atom stereocenters. The van der Waals surface area contributed by atoms with Crippen molar-refractivity contribution in [2.24, 2.45) is 0 Å². The van der Waals surface area contributed by atoms with E-state index in [1.54, 1.807) is 0 Å². The molecule has 2 heterocycles. The normalized spacial score (nSPS) is 10.9. The van der Waals surface area contributed by atoms with Gasteiger partial charge in [-0.3, -0.25) is 9.20 Å². The van der Waals surface area contributed by atoms with Gasteiger partial charge in [0, 0.05) is 10.7 Å². The van der Waals surface area contributed by atoms with Crippen LogP contribution in [0.1, 0.15) is 28.7 Å². The van der Waals surface area contributed by atoms with E-state index in [0.717, 1.165) is 34.1 Å². The smallest absolute Gasteiger partial charge is 0.168 e. The summed E-state index contributed by atoms with van der Waals surface area (Å²) in [5, 5.41) is 0. The molecule has 15 heavy (non-hydrogen) atoms. The molecule has 4 heteroatoms. The number of halogens is 1. The van der Waals surface area contributed by atoms with Crippen molar-refractivity contribution in [1.82, 2.24) is 9.38 Å². The van der Waals surface area contributed by atoms with Gasteiger partial charge in [-0.25, -0.2) is 4.98 Å². The van der Waals surface area contributed by atoms with E-state index in [1.165, 1.54) is 0 Å². The minimum atomic E-state index is 0.646. The minimum absolute atomic E-state index is 0.646. The van der Waals surface area contributed by atoms with E-state index >= 15 is 0 Å². The summed E-state index contributed by atoms with van der Waals surface area (Å²) in [4.78, 5) is 15.4. The molecule has 2 aromatic rings. The Morgan fingerprint density at radius 2 is 2.33 bits per heavy atom. The summed E-state index contributed by atoms with van der Waals surface area (Å²) in [6.07, 6.45) is 3.52. The first-order valence-electron chi connectivity index (χ1n) is 4.79. The number of rotatable bonds is 2. The van der Waals surface area contributed by atoms with Crippen LogP contribution in [0.2, 0.25) is 0 Å². The third kappa shape index (κ3) is 1.59. The highest BCUT2D eigenvalue weighted by atomic mass is 79.9. The highest BCUT2D eigenvalue weighted by molar-refractivity contribution is 9.10. The molecule has 0 bridgehead atoms. The lowest BCUT2D eigenvalue weighted by Gasteiger charge is -2.00. The highest BCUT2D eigenvalue weighted by Crippen LogP contribution is 2.20. The number of pyridine rings is 1. The minimum Gasteiger partial charge on any atom is -0.296 e. The zero-order chi connectivity index (χ0) is 11.0. The zero-order valence-electron chi connectivity index (χ0n) is 8.62. The van der Waals surface area contributed by atoms with Gasteiger partial charge in [0.2, 0.25) is 0 Å². The topological polar surface area (TPSA) is 34.4 Å². The van der Waals surface area contributed by atoms with Crippen LogP contribution >= 0.6 is 15.9 Å². The average Bonchev–Trinajstić information content (AvgIpc) is 2.56. The molecule has 0 aliphatic carbocycles. The predicted molar refractivity (Wildman–Crippen MR) is 62.4 cm³/mol. The largest absolute Gasteiger partial charge is 0.296 e. The first-order chi connectivity index (χ1) is 7.17. The summed E-state index contributed by atoms with van der Waals surface area (Å²) in [6, 6.07) is 1.97. The molecular formula is C11H11BrN2O. The fraction of sp³-hybridized carbons (Fsp3) is 0.273. The molecule has 0 radical (unpaired) electrons. The van der Waals surface area contributed by atoms with E-state index in [1.807, 2.05) is 30.5 Å². The molecule has 0 saturated carbocycles. The Hall–Kier alpha value is -1.16. The van der Waals surface area contributed by atoms with Crippen LogP contribution in [-0.2, 0) is 6.42 Å². The van der Waals surface area contributed by atoms with Crippen LogP contribution in [0, 0.1) is 6.92 Å². The Kier molecular flexibility index (Phi) is 2.61. The second kappa shape index (κ2) is 3.77. The van der Waals surface area contributed by atoms with Crippen molar-refractivity contribution in [1.29, 1.82) is 0 Å². The quantitative estimate of drug-likeness (QED) is 0.784. The number of carbonyl (C=O) groups excluding carboxylic acids is 1.